The Morgan fingerprint density at radius 2 is 2.38 bits per heavy atom. The number of ether oxygens (including phenoxy) is 1. The first-order valence-electron chi connectivity index (χ1n) is 4.65. The summed E-state index contributed by atoms with van der Waals surface area (Å²) in [5.41, 5.74) is 1.41. The number of rotatable bonds is 4. The molecule has 4 heteroatoms. The molecule has 16 heavy (non-hydrogen) atoms. The Labute approximate surface area is 93.3 Å². The summed E-state index contributed by atoms with van der Waals surface area (Å²) >= 11 is 0. The van der Waals surface area contributed by atoms with Crippen molar-refractivity contribution in [1.82, 2.24) is 0 Å². The van der Waals surface area contributed by atoms with E-state index in [9.17, 15) is 9.59 Å². The third-order valence-electron chi connectivity index (χ3n) is 1.87. The highest BCUT2D eigenvalue weighted by atomic mass is 16.5. The van der Waals surface area contributed by atoms with Crippen LogP contribution in [0.4, 0.5) is 5.69 Å². The van der Waals surface area contributed by atoms with E-state index < -0.39 is 5.97 Å². The minimum Gasteiger partial charge on any atom is -0.458 e. The second kappa shape index (κ2) is 5.63. The summed E-state index contributed by atoms with van der Waals surface area (Å²) < 4.78 is 4.86. The zero-order chi connectivity index (χ0) is 12.0. The summed E-state index contributed by atoms with van der Waals surface area (Å²) in [4.78, 5) is 25.2. The number of nitrogens with zero attached hydrogens (tertiary/aromatic N) is 1. The smallest absolute Gasteiger partial charge is 0.340 e. The molecule has 0 saturated carbocycles. The Kier molecular flexibility index (Phi) is 4.18. The number of aryl methyl sites for hydroxylation is 1. The standard InChI is InChI=1S/C12H11NO3/c1-3-6-16-12(15)10-5-4-9(2)7-11(10)13-8-14/h3-5,7H,1,6H2,2H3. The van der Waals surface area contributed by atoms with E-state index in [1.165, 1.54) is 12.2 Å². The van der Waals surface area contributed by atoms with Gasteiger partial charge < -0.3 is 4.74 Å². The fraction of sp³-hybridized carbons (Fsp3) is 0.167. The molecule has 4 nitrogen and oxygen atoms in total. The van der Waals surface area contributed by atoms with Crippen molar-refractivity contribution in [3.05, 3.63) is 42.0 Å². The van der Waals surface area contributed by atoms with Gasteiger partial charge in [-0.3, -0.25) is 0 Å². The summed E-state index contributed by atoms with van der Waals surface area (Å²) in [5, 5.41) is 0. The Morgan fingerprint density at radius 3 is 3.00 bits per heavy atom. The van der Waals surface area contributed by atoms with Crippen molar-refractivity contribution in [2.45, 2.75) is 6.92 Å². The Morgan fingerprint density at radius 1 is 1.62 bits per heavy atom. The van der Waals surface area contributed by atoms with Crippen LogP contribution in [-0.4, -0.2) is 18.7 Å². The summed E-state index contributed by atoms with van der Waals surface area (Å²) in [7, 11) is 0. The van der Waals surface area contributed by atoms with E-state index in [0.717, 1.165) is 5.56 Å². The molecule has 0 bridgehead atoms. The summed E-state index contributed by atoms with van der Waals surface area (Å²) in [5.74, 6) is -0.533. The number of aliphatic imine (C=N–C) groups is 1. The van der Waals surface area contributed by atoms with Gasteiger partial charge >= 0.3 is 5.97 Å². The predicted molar refractivity (Wildman–Crippen MR) is 59.4 cm³/mol. The van der Waals surface area contributed by atoms with E-state index in [4.69, 9.17) is 4.74 Å². The maximum atomic E-state index is 11.6. The lowest BCUT2D eigenvalue weighted by molar-refractivity contribution is 0.0551. The van der Waals surface area contributed by atoms with Crippen LogP contribution in [0.15, 0.2) is 35.8 Å². The third kappa shape index (κ3) is 2.90. The van der Waals surface area contributed by atoms with Gasteiger partial charge in [-0.2, -0.15) is 4.99 Å². The lowest BCUT2D eigenvalue weighted by Crippen LogP contribution is -2.05. The number of esters is 1. The van der Waals surface area contributed by atoms with E-state index >= 15 is 0 Å². The molecule has 0 aliphatic carbocycles. The maximum absolute atomic E-state index is 11.6. The summed E-state index contributed by atoms with van der Waals surface area (Å²) in [6.07, 6.45) is 2.88. The van der Waals surface area contributed by atoms with Crippen molar-refractivity contribution in [3.63, 3.8) is 0 Å². The highest BCUT2D eigenvalue weighted by Gasteiger charge is 2.12. The largest absolute Gasteiger partial charge is 0.458 e. The first kappa shape index (κ1) is 11.9. The molecule has 82 valence electrons. The first-order chi connectivity index (χ1) is 7.69. The third-order valence-corrected chi connectivity index (χ3v) is 1.87. The lowest BCUT2D eigenvalue weighted by Gasteiger charge is -2.04. The Hall–Kier alpha value is -2.19. The zero-order valence-electron chi connectivity index (χ0n) is 8.90. The Bertz CT molecular complexity index is 459. The minimum absolute atomic E-state index is 0.122. The monoisotopic (exact) mass is 217 g/mol. The van der Waals surface area contributed by atoms with Gasteiger partial charge in [0.1, 0.15) is 6.61 Å². The number of isocyanates is 1. The van der Waals surface area contributed by atoms with Crippen LogP contribution in [0.5, 0.6) is 0 Å². The van der Waals surface area contributed by atoms with Gasteiger partial charge in [0.25, 0.3) is 0 Å². The van der Waals surface area contributed by atoms with Gasteiger partial charge in [-0.1, -0.05) is 18.7 Å². The normalized spacial score (nSPS) is 9.06. The quantitative estimate of drug-likeness (QED) is 0.336. The number of hydrogen-bond donors (Lipinski definition) is 0. The summed E-state index contributed by atoms with van der Waals surface area (Å²) in [6, 6.07) is 4.93. The number of benzene rings is 1. The second-order valence-corrected chi connectivity index (χ2v) is 3.11. The minimum atomic E-state index is -0.533. The predicted octanol–water partition coefficient (Wildman–Crippen LogP) is 2.31. The molecule has 0 unspecified atom stereocenters. The average molecular weight is 217 g/mol. The van der Waals surface area contributed by atoms with E-state index in [0.29, 0.717) is 0 Å². The molecule has 0 aliphatic heterocycles. The molecule has 0 atom stereocenters. The molecule has 0 aliphatic rings. The molecule has 0 saturated heterocycles. The molecule has 0 fully saturated rings. The highest BCUT2D eigenvalue weighted by molar-refractivity contribution is 5.95. The topological polar surface area (TPSA) is 55.7 Å². The maximum Gasteiger partial charge on any atom is 0.340 e. The van der Waals surface area contributed by atoms with Crippen molar-refractivity contribution >= 4 is 17.7 Å². The van der Waals surface area contributed by atoms with Gasteiger partial charge in [-0.05, 0) is 24.6 Å². The number of carbonyl (C=O) groups excluding carboxylic acids is 2. The molecule has 1 rings (SSSR count). The van der Waals surface area contributed by atoms with Gasteiger partial charge in [0.15, 0.2) is 0 Å². The molecule has 0 N–H and O–H groups in total. The van der Waals surface area contributed by atoms with Gasteiger partial charge in [0.2, 0.25) is 6.08 Å². The molecular weight excluding hydrogens is 206 g/mol. The molecule has 1 aromatic rings. The second-order valence-electron chi connectivity index (χ2n) is 3.11. The molecule has 1 aromatic carbocycles. The van der Waals surface area contributed by atoms with Crippen LogP contribution in [0, 0.1) is 6.92 Å². The molecule has 0 aromatic heterocycles. The van der Waals surface area contributed by atoms with Crippen molar-refractivity contribution in [1.29, 1.82) is 0 Å². The van der Waals surface area contributed by atoms with E-state index in [1.807, 2.05) is 6.92 Å². The Balaban J connectivity index is 3.06. The zero-order valence-corrected chi connectivity index (χ0v) is 8.90. The van der Waals surface area contributed by atoms with Crippen LogP contribution in [0.3, 0.4) is 0 Å². The van der Waals surface area contributed by atoms with Gasteiger partial charge in [0.05, 0.1) is 11.3 Å². The highest BCUT2D eigenvalue weighted by Crippen LogP contribution is 2.21. The number of hydrogen-bond acceptors (Lipinski definition) is 4. The lowest BCUT2D eigenvalue weighted by atomic mass is 10.1. The molecule has 0 radical (unpaired) electrons. The SMILES string of the molecule is C=CCOC(=O)c1ccc(C)cc1N=C=O. The van der Waals surface area contributed by atoms with Gasteiger partial charge in [-0.25, -0.2) is 9.59 Å². The fourth-order valence-electron chi connectivity index (χ4n) is 1.17. The van der Waals surface area contributed by atoms with Crippen LogP contribution >= 0.6 is 0 Å². The van der Waals surface area contributed by atoms with Crippen LogP contribution < -0.4 is 0 Å². The molecular formula is C12H11NO3. The molecule has 0 spiro atoms. The first-order valence-corrected chi connectivity index (χ1v) is 4.65. The van der Waals surface area contributed by atoms with Crippen molar-refractivity contribution in [2.75, 3.05) is 6.61 Å². The van der Waals surface area contributed by atoms with Gasteiger partial charge in [0, 0.05) is 0 Å². The summed E-state index contributed by atoms with van der Waals surface area (Å²) in [6.45, 7) is 5.39. The van der Waals surface area contributed by atoms with Crippen LogP contribution in [-0.2, 0) is 9.53 Å². The average Bonchev–Trinajstić information content (AvgIpc) is 2.26. The van der Waals surface area contributed by atoms with Crippen LogP contribution in [0.25, 0.3) is 0 Å². The number of carbonyl (C=O) groups is 1. The van der Waals surface area contributed by atoms with Crippen molar-refractivity contribution in [2.24, 2.45) is 4.99 Å². The van der Waals surface area contributed by atoms with Crippen molar-refractivity contribution < 1.29 is 14.3 Å². The van der Waals surface area contributed by atoms with E-state index in [2.05, 4.69) is 11.6 Å². The van der Waals surface area contributed by atoms with Crippen LogP contribution in [0.1, 0.15) is 15.9 Å². The van der Waals surface area contributed by atoms with E-state index in [1.54, 1.807) is 18.2 Å². The molecule has 0 amide bonds. The van der Waals surface area contributed by atoms with Crippen LogP contribution in [0.2, 0.25) is 0 Å². The fourth-order valence-corrected chi connectivity index (χ4v) is 1.17. The van der Waals surface area contributed by atoms with Crippen molar-refractivity contribution in [3.8, 4) is 0 Å². The van der Waals surface area contributed by atoms with E-state index in [-0.39, 0.29) is 17.9 Å². The van der Waals surface area contributed by atoms with Gasteiger partial charge in [-0.15, -0.1) is 0 Å². The molecule has 0 heterocycles.